The molecule has 0 bridgehead atoms. The first-order valence-electron chi connectivity index (χ1n) is 11.6. The number of amides is 2. The van der Waals surface area contributed by atoms with Crippen molar-refractivity contribution in [3.05, 3.63) is 102 Å². The van der Waals surface area contributed by atoms with Crippen LogP contribution in [0.15, 0.2) is 91.0 Å². The van der Waals surface area contributed by atoms with E-state index in [9.17, 15) is 22.8 Å². The van der Waals surface area contributed by atoms with Crippen LogP contribution < -0.4 is 5.32 Å². The van der Waals surface area contributed by atoms with E-state index in [4.69, 9.17) is 0 Å². The number of halogens is 3. The zero-order valence-corrected chi connectivity index (χ0v) is 20.2. The summed E-state index contributed by atoms with van der Waals surface area (Å²) in [4.78, 5) is 27.4. The smallest absolute Gasteiger partial charge is 0.327 e. The highest BCUT2D eigenvalue weighted by atomic mass is 19.4. The van der Waals surface area contributed by atoms with Gasteiger partial charge < -0.3 is 10.2 Å². The second kappa shape index (κ2) is 10.7. The van der Waals surface area contributed by atoms with Crippen LogP contribution in [0.4, 0.5) is 19.0 Å². The number of benzene rings is 3. The topological polar surface area (TPSA) is 67.2 Å². The zero-order chi connectivity index (χ0) is 26.6. The van der Waals surface area contributed by atoms with Crippen molar-refractivity contribution in [3.63, 3.8) is 0 Å². The number of hydrogen-bond donors (Lipinski definition) is 1. The van der Waals surface area contributed by atoms with Crippen molar-refractivity contribution in [2.75, 3.05) is 11.9 Å². The standard InChI is InChI=1S/C28H25F3N4O2/c1-19(2)34(27(37)21-12-9-13-22(16-21)28(29,30)31)18-26(36)32-25-17-24(20-10-5-3-6-11-20)33-35(25)23-14-7-4-8-15-23/h3-17,19H,18H2,1-2H3,(H,32,36). The molecule has 0 unspecified atom stereocenters. The number of rotatable bonds is 7. The first-order valence-corrected chi connectivity index (χ1v) is 11.6. The lowest BCUT2D eigenvalue weighted by atomic mass is 10.1. The van der Waals surface area contributed by atoms with Crippen LogP contribution in [0.2, 0.25) is 0 Å². The first kappa shape index (κ1) is 25.7. The number of nitrogens with zero attached hydrogens (tertiary/aromatic N) is 3. The van der Waals surface area contributed by atoms with Gasteiger partial charge in [0.05, 0.1) is 16.9 Å². The molecule has 9 heteroatoms. The summed E-state index contributed by atoms with van der Waals surface area (Å²) in [5, 5.41) is 7.46. The van der Waals surface area contributed by atoms with Crippen molar-refractivity contribution in [3.8, 4) is 16.9 Å². The van der Waals surface area contributed by atoms with Crippen LogP contribution in [-0.2, 0) is 11.0 Å². The number of carbonyl (C=O) groups excluding carboxylic acids is 2. The van der Waals surface area contributed by atoms with E-state index in [1.807, 2.05) is 60.7 Å². The van der Waals surface area contributed by atoms with Gasteiger partial charge in [0.1, 0.15) is 12.4 Å². The van der Waals surface area contributed by atoms with E-state index in [0.717, 1.165) is 23.4 Å². The number of alkyl halides is 3. The molecule has 4 rings (SSSR count). The second-order valence-corrected chi connectivity index (χ2v) is 8.68. The molecule has 4 aromatic rings. The molecule has 1 heterocycles. The largest absolute Gasteiger partial charge is 0.416 e. The highest BCUT2D eigenvalue weighted by molar-refractivity contribution is 5.99. The third-order valence-corrected chi connectivity index (χ3v) is 5.68. The molecule has 0 saturated carbocycles. The van der Waals surface area contributed by atoms with Gasteiger partial charge in [-0.05, 0) is 44.2 Å². The molecule has 2 amide bonds. The zero-order valence-electron chi connectivity index (χ0n) is 20.2. The van der Waals surface area contributed by atoms with Gasteiger partial charge in [0, 0.05) is 23.2 Å². The van der Waals surface area contributed by atoms with Crippen LogP contribution in [0, 0.1) is 0 Å². The molecule has 1 N–H and O–H groups in total. The van der Waals surface area contributed by atoms with Crippen molar-refractivity contribution in [1.29, 1.82) is 0 Å². The normalized spacial score (nSPS) is 11.4. The molecule has 0 atom stereocenters. The van der Waals surface area contributed by atoms with E-state index < -0.39 is 29.6 Å². The van der Waals surface area contributed by atoms with Gasteiger partial charge in [-0.2, -0.15) is 18.3 Å². The quantitative estimate of drug-likeness (QED) is 0.332. The Balaban J connectivity index is 1.59. The molecule has 0 aliphatic heterocycles. The van der Waals surface area contributed by atoms with E-state index in [0.29, 0.717) is 11.5 Å². The summed E-state index contributed by atoms with van der Waals surface area (Å²) < 4.78 is 41.0. The molecule has 6 nitrogen and oxygen atoms in total. The number of aromatic nitrogens is 2. The van der Waals surface area contributed by atoms with Gasteiger partial charge in [0.2, 0.25) is 5.91 Å². The number of hydrogen-bond acceptors (Lipinski definition) is 3. The fourth-order valence-electron chi connectivity index (χ4n) is 3.81. The maximum absolute atomic E-state index is 13.1. The predicted octanol–water partition coefficient (Wildman–Crippen LogP) is 6.05. The number of para-hydroxylation sites is 1. The van der Waals surface area contributed by atoms with Gasteiger partial charge in [-0.15, -0.1) is 0 Å². The van der Waals surface area contributed by atoms with Gasteiger partial charge in [0.25, 0.3) is 5.91 Å². The van der Waals surface area contributed by atoms with Gasteiger partial charge in [-0.1, -0.05) is 54.6 Å². The maximum Gasteiger partial charge on any atom is 0.416 e. The molecule has 1 aromatic heterocycles. The lowest BCUT2D eigenvalue weighted by Gasteiger charge is -2.26. The van der Waals surface area contributed by atoms with E-state index in [1.54, 1.807) is 24.6 Å². The maximum atomic E-state index is 13.1. The fraction of sp³-hybridized carbons (Fsp3) is 0.179. The third kappa shape index (κ3) is 6.06. The summed E-state index contributed by atoms with van der Waals surface area (Å²) in [6.07, 6.45) is -4.58. The first-order chi connectivity index (χ1) is 17.6. The van der Waals surface area contributed by atoms with Crippen molar-refractivity contribution in [2.24, 2.45) is 0 Å². The van der Waals surface area contributed by atoms with Crippen LogP contribution in [0.5, 0.6) is 0 Å². The molecular weight excluding hydrogens is 481 g/mol. The SMILES string of the molecule is CC(C)N(CC(=O)Nc1cc(-c2ccccc2)nn1-c1ccccc1)C(=O)c1cccc(C(F)(F)F)c1. The highest BCUT2D eigenvalue weighted by Gasteiger charge is 2.32. The summed E-state index contributed by atoms with van der Waals surface area (Å²) in [7, 11) is 0. The average molecular weight is 507 g/mol. The monoisotopic (exact) mass is 506 g/mol. The van der Waals surface area contributed by atoms with Crippen molar-refractivity contribution in [1.82, 2.24) is 14.7 Å². The van der Waals surface area contributed by atoms with Crippen LogP contribution in [0.3, 0.4) is 0 Å². The van der Waals surface area contributed by atoms with Crippen molar-refractivity contribution in [2.45, 2.75) is 26.1 Å². The molecular formula is C28H25F3N4O2. The fourth-order valence-corrected chi connectivity index (χ4v) is 3.81. The molecule has 0 fully saturated rings. The summed E-state index contributed by atoms with van der Waals surface area (Å²) in [5.41, 5.74) is 1.15. The Hall–Kier alpha value is -4.40. The molecule has 0 aliphatic carbocycles. The Labute approximate surface area is 212 Å². The van der Waals surface area contributed by atoms with Crippen LogP contribution >= 0.6 is 0 Å². The van der Waals surface area contributed by atoms with Crippen LogP contribution in [-0.4, -0.2) is 39.1 Å². The Bertz CT molecular complexity index is 1380. The molecule has 3 aromatic carbocycles. The van der Waals surface area contributed by atoms with Gasteiger partial charge >= 0.3 is 6.18 Å². The average Bonchev–Trinajstić information content (AvgIpc) is 3.31. The Morgan fingerprint density at radius 3 is 2.19 bits per heavy atom. The number of carbonyl (C=O) groups is 2. The van der Waals surface area contributed by atoms with Gasteiger partial charge in [0.15, 0.2) is 0 Å². The number of nitrogens with one attached hydrogen (secondary N) is 1. The Morgan fingerprint density at radius 2 is 1.57 bits per heavy atom. The van der Waals surface area contributed by atoms with E-state index in [2.05, 4.69) is 10.4 Å². The minimum Gasteiger partial charge on any atom is -0.327 e. The molecule has 0 saturated heterocycles. The Kier molecular flexibility index (Phi) is 7.42. The van der Waals surface area contributed by atoms with Gasteiger partial charge in [-0.3, -0.25) is 9.59 Å². The summed E-state index contributed by atoms with van der Waals surface area (Å²) >= 11 is 0. The van der Waals surface area contributed by atoms with E-state index >= 15 is 0 Å². The van der Waals surface area contributed by atoms with E-state index in [1.165, 1.54) is 17.0 Å². The molecule has 0 spiro atoms. The van der Waals surface area contributed by atoms with Gasteiger partial charge in [-0.25, -0.2) is 4.68 Å². The molecule has 0 radical (unpaired) electrons. The minimum absolute atomic E-state index is 0.142. The lowest BCUT2D eigenvalue weighted by Crippen LogP contribution is -2.42. The second-order valence-electron chi connectivity index (χ2n) is 8.68. The van der Waals surface area contributed by atoms with Crippen LogP contribution in [0.25, 0.3) is 16.9 Å². The Morgan fingerprint density at radius 1 is 0.919 bits per heavy atom. The summed E-state index contributed by atoms with van der Waals surface area (Å²) in [5.74, 6) is -0.784. The molecule has 37 heavy (non-hydrogen) atoms. The lowest BCUT2D eigenvalue weighted by molar-refractivity contribution is -0.137. The van der Waals surface area contributed by atoms with Crippen LogP contribution in [0.1, 0.15) is 29.8 Å². The number of anilines is 1. The summed E-state index contributed by atoms with van der Waals surface area (Å²) in [6, 6.07) is 24.2. The van der Waals surface area contributed by atoms with E-state index in [-0.39, 0.29) is 12.1 Å². The third-order valence-electron chi connectivity index (χ3n) is 5.68. The predicted molar refractivity (Wildman–Crippen MR) is 135 cm³/mol. The molecule has 0 aliphatic rings. The van der Waals surface area contributed by atoms with Crippen molar-refractivity contribution >= 4 is 17.6 Å². The molecule has 190 valence electrons. The highest BCUT2D eigenvalue weighted by Crippen LogP contribution is 2.30. The minimum atomic E-state index is -4.58. The summed E-state index contributed by atoms with van der Waals surface area (Å²) in [6.45, 7) is 3.04. The van der Waals surface area contributed by atoms with Crippen molar-refractivity contribution < 1.29 is 22.8 Å².